The maximum atomic E-state index is 12.8. The third kappa shape index (κ3) is 4.47. The van der Waals surface area contributed by atoms with Gasteiger partial charge in [0.2, 0.25) is 10.0 Å². The van der Waals surface area contributed by atoms with E-state index >= 15 is 0 Å². The fourth-order valence-corrected chi connectivity index (χ4v) is 3.89. The van der Waals surface area contributed by atoms with Crippen LogP contribution in [0.2, 0.25) is 0 Å². The van der Waals surface area contributed by atoms with Gasteiger partial charge >= 0.3 is 0 Å². The summed E-state index contributed by atoms with van der Waals surface area (Å²) in [5.41, 5.74) is 1.90. The van der Waals surface area contributed by atoms with Crippen LogP contribution in [0.25, 0.3) is 0 Å². The van der Waals surface area contributed by atoms with Gasteiger partial charge in [0, 0.05) is 31.5 Å². The van der Waals surface area contributed by atoms with E-state index in [1.54, 1.807) is 24.7 Å². The fourth-order valence-electron chi connectivity index (χ4n) is 2.71. The molecule has 0 spiro atoms. The lowest BCUT2D eigenvalue weighted by molar-refractivity contribution is 0.392. The van der Waals surface area contributed by atoms with Crippen molar-refractivity contribution in [3.8, 4) is 11.5 Å². The lowest BCUT2D eigenvalue weighted by Crippen LogP contribution is -2.24. The average Bonchev–Trinajstić information content (AvgIpc) is 3.20. The summed E-state index contributed by atoms with van der Waals surface area (Å²) >= 11 is 0. The second-order valence-corrected chi connectivity index (χ2v) is 7.58. The van der Waals surface area contributed by atoms with E-state index in [-0.39, 0.29) is 17.2 Å². The average molecular weight is 387 g/mol. The van der Waals surface area contributed by atoms with Crippen LogP contribution in [0.15, 0.2) is 66.1 Å². The number of methoxy groups -OCH3 is 2. The number of nitrogens with one attached hydrogen (secondary N) is 1. The van der Waals surface area contributed by atoms with Gasteiger partial charge in [0.1, 0.15) is 16.4 Å². The fraction of sp³-hybridized carbons (Fsp3) is 0.211. The van der Waals surface area contributed by atoms with Crippen LogP contribution in [-0.2, 0) is 23.1 Å². The van der Waals surface area contributed by atoms with E-state index in [4.69, 9.17) is 9.47 Å². The van der Waals surface area contributed by atoms with Crippen molar-refractivity contribution in [3.63, 3.8) is 0 Å². The predicted octanol–water partition coefficient (Wildman–Crippen LogP) is 2.43. The summed E-state index contributed by atoms with van der Waals surface area (Å²) in [6.07, 6.45) is 5.30. The molecule has 0 aliphatic rings. The summed E-state index contributed by atoms with van der Waals surface area (Å²) in [6, 6.07) is 12.3. The molecule has 0 bridgehead atoms. The highest BCUT2D eigenvalue weighted by Gasteiger charge is 2.20. The van der Waals surface area contributed by atoms with E-state index < -0.39 is 10.0 Å². The van der Waals surface area contributed by atoms with Gasteiger partial charge in [0.15, 0.2) is 0 Å². The molecule has 0 atom stereocenters. The lowest BCUT2D eigenvalue weighted by Gasteiger charge is -2.14. The number of hydrogen-bond acceptors (Lipinski definition) is 5. The second kappa shape index (κ2) is 8.24. The first-order valence-electron chi connectivity index (χ1n) is 8.27. The van der Waals surface area contributed by atoms with Crippen LogP contribution in [0.4, 0.5) is 0 Å². The molecule has 3 rings (SSSR count). The van der Waals surface area contributed by atoms with E-state index in [9.17, 15) is 8.42 Å². The van der Waals surface area contributed by atoms with E-state index in [0.717, 1.165) is 11.1 Å². The summed E-state index contributed by atoms with van der Waals surface area (Å²) < 4.78 is 40.5. The van der Waals surface area contributed by atoms with Gasteiger partial charge in [0.05, 0.1) is 20.5 Å². The Bertz CT molecular complexity index is 1000. The Morgan fingerprint density at radius 2 is 1.85 bits per heavy atom. The first kappa shape index (κ1) is 18.9. The number of rotatable bonds is 8. The van der Waals surface area contributed by atoms with Gasteiger partial charge in [-0.05, 0) is 23.3 Å². The highest BCUT2D eigenvalue weighted by Crippen LogP contribution is 2.28. The Morgan fingerprint density at radius 3 is 2.52 bits per heavy atom. The summed E-state index contributed by atoms with van der Waals surface area (Å²) in [5, 5.41) is 0. The van der Waals surface area contributed by atoms with Crippen LogP contribution in [-0.4, -0.2) is 32.2 Å². The molecule has 0 saturated carbocycles. The largest absolute Gasteiger partial charge is 0.497 e. The summed E-state index contributed by atoms with van der Waals surface area (Å²) in [4.78, 5) is 4.07. The van der Waals surface area contributed by atoms with Gasteiger partial charge in [-0.2, -0.15) is 0 Å². The molecule has 3 aromatic rings. The first-order valence-corrected chi connectivity index (χ1v) is 9.76. The van der Waals surface area contributed by atoms with Gasteiger partial charge in [-0.25, -0.2) is 18.1 Å². The van der Waals surface area contributed by atoms with E-state index in [2.05, 4.69) is 9.71 Å². The molecule has 0 aliphatic heterocycles. The molecular formula is C19H21N3O4S. The SMILES string of the molecule is COc1ccc(OC)c(S(=O)(=O)NCc2ccccc2Cn2ccnc2)c1. The zero-order valence-corrected chi connectivity index (χ0v) is 15.9. The highest BCUT2D eigenvalue weighted by atomic mass is 32.2. The molecule has 7 nitrogen and oxygen atoms in total. The van der Waals surface area contributed by atoms with Crippen molar-refractivity contribution in [2.75, 3.05) is 14.2 Å². The topological polar surface area (TPSA) is 82.5 Å². The minimum atomic E-state index is -3.79. The lowest BCUT2D eigenvalue weighted by atomic mass is 10.1. The van der Waals surface area contributed by atoms with Gasteiger partial charge in [-0.1, -0.05) is 24.3 Å². The molecule has 0 unspecified atom stereocenters. The third-order valence-corrected chi connectivity index (χ3v) is 5.57. The van der Waals surface area contributed by atoms with Gasteiger partial charge < -0.3 is 14.0 Å². The molecule has 1 heterocycles. The molecule has 1 aromatic heterocycles. The quantitative estimate of drug-likeness (QED) is 0.642. The number of benzene rings is 2. The molecular weight excluding hydrogens is 366 g/mol. The third-order valence-electron chi connectivity index (χ3n) is 4.14. The van der Waals surface area contributed by atoms with E-state index in [1.165, 1.54) is 20.3 Å². The van der Waals surface area contributed by atoms with Gasteiger partial charge in [-0.15, -0.1) is 0 Å². The Kier molecular flexibility index (Phi) is 5.78. The summed E-state index contributed by atoms with van der Waals surface area (Å²) in [5.74, 6) is 0.701. The molecule has 1 N–H and O–H groups in total. The molecule has 8 heteroatoms. The normalized spacial score (nSPS) is 11.3. The Balaban J connectivity index is 1.82. The molecule has 27 heavy (non-hydrogen) atoms. The molecule has 142 valence electrons. The maximum absolute atomic E-state index is 12.8. The number of aromatic nitrogens is 2. The minimum Gasteiger partial charge on any atom is -0.497 e. The van der Waals surface area contributed by atoms with Crippen LogP contribution < -0.4 is 14.2 Å². The van der Waals surface area contributed by atoms with Crippen LogP contribution >= 0.6 is 0 Å². The molecule has 0 aliphatic carbocycles. The predicted molar refractivity (Wildman–Crippen MR) is 101 cm³/mol. The Morgan fingerprint density at radius 1 is 1.07 bits per heavy atom. The molecule has 0 amide bonds. The molecule has 0 fully saturated rings. The summed E-state index contributed by atoms with van der Waals surface area (Å²) in [6.45, 7) is 0.772. The van der Waals surface area contributed by atoms with Gasteiger partial charge in [-0.3, -0.25) is 0 Å². The van der Waals surface area contributed by atoms with Crippen LogP contribution in [0.5, 0.6) is 11.5 Å². The molecule has 0 radical (unpaired) electrons. The van der Waals surface area contributed by atoms with Crippen molar-refractivity contribution in [2.24, 2.45) is 0 Å². The second-order valence-electron chi connectivity index (χ2n) is 5.85. The number of nitrogens with zero attached hydrogens (tertiary/aromatic N) is 2. The van der Waals surface area contributed by atoms with E-state index in [1.807, 2.05) is 35.0 Å². The van der Waals surface area contributed by atoms with Crippen molar-refractivity contribution < 1.29 is 17.9 Å². The monoisotopic (exact) mass is 387 g/mol. The Hall–Kier alpha value is -2.84. The van der Waals surface area contributed by atoms with E-state index in [0.29, 0.717) is 12.3 Å². The standard InChI is InChI=1S/C19H21N3O4S/c1-25-17-7-8-18(26-2)19(11-17)27(23,24)21-12-15-5-3-4-6-16(15)13-22-10-9-20-14-22/h3-11,14,21H,12-13H2,1-2H3. The van der Waals surface area contributed by atoms with Crippen LogP contribution in [0, 0.1) is 0 Å². The molecule has 2 aromatic carbocycles. The van der Waals surface area contributed by atoms with Gasteiger partial charge in [0.25, 0.3) is 0 Å². The first-order chi connectivity index (χ1) is 13.0. The molecule has 0 saturated heterocycles. The van der Waals surface area contributed by atoms with Crippen molar-refractivity contribution in [2.45, 2.75) is 18.0 Å². The number of imidazole rings is 1. The number of ether oxygens (including phenoxy) is 2. The smallest absolute Gasteiger partial charge is 0.244 e. The van der Waals surface area contributed by atoms with Crippen LogP contribution in [0.3, 0.4) is 0 Å². The van der Waals surface area contributed by atoms with Crippen LogP contribution in [0.1, 0.15) is 11.1 Å². The minimum absolute atomic E-state index is 0.0384. The van der Waals surface area contributed by atoms with Crippen molar-refractivity contribution >= 4 is 10.0 Å². The zero-order chi connectivity index (χ0) is 19.3. The number of hydrogen-bond donors (Lipinski definition) is 1. The zero-order valence-electron chi connectivity index (χ0n) is 15.1. The van der Waals surface area contributed by atoms with Crippen molar-refractivity contribution in [3.05, 3.63) is 72.3 Å². The Labute approximate surface area is 158 Å². The van der Waals surface area contributed by atoms with Crippen molar-refractivity contribution in [1.82, 2.24) is 14.3 Å². The highest BCUT2D eigenvalue weighted by molar-refractivity contribution is 7.89. The van der Waals surface area contributed by atoms with Crippen molar-refractivity contribution in [1.29, 1.82) is 0 Å². The maximum Gasteiger partial charge on any atom is 0.244 e. The summed E-state index contributed by atoms with van der Waals surface area (Å²) in [7, 11) is -0.871. The number of sulfonamides is 1.